The molecule has 1 aliphatic heterocycles. The van der Waals surface area contributed by atoms with Crippen LogP contribution in [0.15, 0.2) is 30.3 Å². The minimum absolute atomic E-state index is 0.0833. The summed E-state index contributed by atoms with van der Waals surface area (Å²) in [6.07, 6.45) is 0.566. The lowest BCUT2D eigenvalue weighted by atomic mass is 10.1. The quantitative estimate of drug-likeness (QED) is 0.708. The number of likely N-dealkylation sites (tertiary alicyclic amines) is 1. The Hall–Kier alpha value is -2.67. The number of hydrogen-bond donors (Lipinski definition) is 1. The minimum Gasteiger partial charge on any atom is -0.468 e. The fraction of sp³-hybridized carbons (Fsp3) is 0.522. The van der Waals surface area contributed by atoms with E-state index in [-0.39, 0.29) is 24.0 Å². The number of benzene rings is 1. The highest BCUT2D eigenvalue weighted by atomic mass is 16.5. The van der Waals surface area contributed by atoms with E-state index in [1.165, 1.54) is 7.11 Å². The first-order valence-electron chi connectivity index (χ1n) is 10.5. The number of nitrogens with zero attached hydrogens (tertiary/aromatic N) is 3. The highest BCUT2D eigenvalue weighted by Crippen LogP contribution is 2.21. The Kier molecular flexibility index (Phi) is 6.92. The third-order valence-corrected chi connectivity index (χ3v) is 5.44. The number of rotatable bonds is 7. The lowest BCUT2D eigenvalue weighted by Crippen LogP contribution is -2.40. The normalized spacial score (nSPS) is 19.3. The molecule has 30 heavy (non-hydrogen) atoms. The van der Waals surface area contributed by atoms with Gasteiger partial charge in [0.1, 0.15) is 6.04 Å². The number of aryl methyl sites for hydroxylation is 2. The fourth-order valence-corrected chi connectivity index (χ4v) is 4.15. The molecule has 0 spiro atoms. The molecule has 1 N–H and O–H groups in total. The van der Waals surface area contributed by atoms with Crippen LogP contribution in [0.3, 0.4) is 0 Å². The lowest BCUT2D eigenvalue weighted by Gasteiger charge is -2.23. The molecule has 7 heteroatoms. The molecule has 1 aromatic heterocycles. The number of amides is 1. The first-order chi connectivity index (χ1) is 14.3. The van der Waals surface area contributed by atoms with Crippen molar-refractivity contribution in [3.63, 3.8) is 0 Å². The Morgan fingerprint density at radius 3 is 2.67 bits per heavy atom. The number of methoxy groups -OCH3 is 1. The van der Waals surface area contributed by atoms with E-state index in [2.05, 4.69) is 29.2 Å². The summed E-state index contributed by atoms with van der Waals surface area (Å²) in [5.41, 5.74) is 3.71. The van der Waals surface area contributed by atoms with Crippen molar-refractivity contribution in [2.75, 3.05) is 20.2 Å². The van der Waals surface area contributed by atoms with Gasteiger partial charge in [-0.05, 0) is 49.9 Å². The zero-order valence-corrected chi connectivity index (χ0v) is 18.5. The molecule has 2 atom stereocenters. The fourth-order valence-electron chi connectivity index (χ4n) is 4.15. The predicted molar refractivity (Wildman–Crippen MR) is 115 cm³/mol. The third-order valence-electron chi connectivity index (χ3n) is 5.44. The molecular weight excluding hydrogens is 380 g/mol. The molecule has 162 valence electrons. The van der Waals surface area contributed by atoms with E-state index in [1.807, 2.05) is 48.9 Å². The standard InChI is InChI=1S/C23H32N4O3/c1-15(2)12-26-14-20(11-21(26)23(29)30-5)24-22(28)19-8-6-7-18(10-19)13-27-17(4)9-16(3)25-27/h6-10,15,20-21H,11-14H2,1-5H3,(H,24,28)/t20-,21-/m0/s1. The lowest BCUT2D eigenvalue weighted by molar-refractivity contribution is -0.146. The number of carbonyl (C=O) groups excluding carboxylic acids is 2. The summed E-state index contributed by atoms with van der Waals surface area (Å²) in [5.74, 6) is 0.0715. The van der Waals surface area contributed by atoms with Gasteiger partial charge in [-0.2, -0.15) is 5.10 Å². The van der Waals surface area contributed by atoms with Crippen LogP contribution < -0.4 is 5.32 Å². The van der Waals surface area contributed by atoms with E-state index in [0.29, 0.717) is 31.0 Å². The molecular formula is C23H32N4O3. The van der Waals surface area contributed by atoms with Gasteiger partial charge in [0.2, 0.25) is 0 Å². The molecule has 1 aliphatic rings. The molecule has 0 saturated carbocycles. The molecule has 2 heterocycles. The maximum atomic E-state index is 12.9. The maximum absolute atomic E-state index is 12.9. The van der Waals surface area contributed by atoms with Crippen LogP contribution in [0.5, 0.6) is 0 Å². The molecule has 7 nitrogen and oxygen atoms in total. The summed E-state index contributed by atoms with van der Waals surface area (Å²) in [4.78, 5) is 27.2. The van der Waals surface area contributed by atoms with Crippen LogP contribution in [0.4, 0.5) is 0 Å². The average molecular weight is 413 g/mol. The maximum Gasteiger partial charge on any atom is 0.323 e. The van der Waals surface area contributed by atoms with Gasteiger partial charge in [-0.15, -0.1) is 0 Å². The van der Waals surface area contributed by atoms with E-state index in [4.69, 9.17) is 4.74 Å². The Bertz CT molecular complexity index is 906. The number of carbonyl (C=O) groups is 2. The van der Waals surface area contributed by atoms with Crippen LogP contribution in [0.2, 0.25) is 0 Å². The van der Waals surface area contributed by atoms with E-state index < -0.39 is 0 Å². The average Bonchev–Trinajstić information content (AvgIpc) is 3.22. The Balaban J connectivity index is 1.67. The molecule has 0 aliphatic carbocycles. The molecule has 1 amide bonds. The molecule has 3 rings (SSSR count). The topological polar surface area (TPSA) is 76.5 Å². The monoisotopic (exact) mass is 412 g/mol. The SMILES string of the molecule is COC(=O)[C@@H]1C[C@H](NC(=O)c2cccc(Cn3nc(C)cc3C)c2)CN1CC(C)C. The summed E-state index contributed by atoms with van der Waals surface area (Å²) in [6, 6.07) is 9.27. The molecule has 0 bridgehead atoms. The van der Waals surface area contributed by atoms with Crippen LogP contribution >= 0.6 is 0 Å². The molecule has 1 aromatic carbocycles. The summed E-state index contributed by atoms with van der Waals surface area (Å²) in [7, 11) is 1.41. The second-order valence-corrected chi connectivity index (χ2v) is 8.58. The van der Waals surface area contributed by atoms with Crippen molar-refractivity contribution >= 4 is 11.9 Å². The van der Waals surface area contributed by atoms with E-state index >= 15 is 0 Å². The van der Waals surface area contributed by atoms with Crippen LogP contribution in [0.1, 0.15) is 47.6 Å². The van der Waals surface area contributed by atoms with Gasteiger partial charge in [0.25, 0.3) is 5.91 Å². The van der Waals surface area contributed by atoms with E-state index in [0.717, 1.165) is 23.5 Å². The number of ether oxygens (including phenoxy) is 1. The van der Waals surface area contributed by atoms with Gasteiger partial charge in [0.05, 0.1) is 19.3 Å². The molecule has 2 aromatic rings. The van der Waals surface area contributed by atoms with Crippen molar-refractivity contribution in [1.82, 2.24) is 20.0 Å². The van der Waals surface area contributed by atoms with Gasteiger partial charge >= 0.3 is 5.97 Å². The van der Waals surface area contributed by atoms with Crippen LogP contribution in [-0.4, -0.2) is 58.8 Å². The predicted octanol–water partition coefficient (Wildman–Crippen LogP) is 2.55. The Morgan fingerprint density at radius 2 is 2.03 bits per heavy atom. The number of aromatic nitrogens is 2. The molecule has 0 unspecified atom stereocenters. The van der Waals surface area contributed by atoms with Crippen LogP contribution in [0, 0.1) is 19.8 Å². The van der Waals surface area contributed by atoms with Crippen molar-refractivity contribution in [3.05, 3.63) is 52.8 Å². The first kappa shape index (κ1) is 22.0. The Labute approximate surface area is 178 Å². The van der Waals surface area contributed by atoms with E-state index in [9.17, 15) is 9.59 Å². The third kappa shape index (κ3) is 5.27. The van der Waals surface area contributed by atoms with Gasteiger partial charge in [-0.1, -0.05) is 26.0 Å². The van der Waals surface area contributed by atoms with Crippen molar-refractivity contribution in [1.29, 1.82) is 0 Å². The highest BCUT2D eigenvalue weighted by molar-refractivity contribution is 5.94. The largest absolute Gasteiger partial charge is 0.468 e. The zero-order valence-electron chi connectivity index (χ0n) is 18.5. The number of hydrogen-bond acceptors (Lipinski definition) is 5. The van der Waals surface area contributed by atoms with E-state index in [1.54, 1.807) is 0 Å². The van der Waals surface area contributed by atoms with Gasteiger partial charge in [0, 0.05) is 30.4 Å². The van der Waals surface area contributed by atoms with Crippen molar-refractivity contribution in [3.8, 4) is 0 Å². The first-order valence-corrected chi connectivity index (χ1v) is 10.5. The number of esters is 1. The van der Waals surface area contributed by atoms with Crippen molar-refractivity contribution in [2.45, 2.75) is 52.7 Å². The smallest absolute Gasteiger partial charge is 0.323 e. The second kappa shape index (κ2) is 9.43. The van der Waals surface area contributed by atoms with Crippen LogP contribution in [0.25, 0.3) is 0 Å². The van der Waals surface area contributed by atoms with Gasteiger partial charge < -0.3 is 10.1 Å². The van der Waals surface area contributed by atoms with Gasteiger partial charge in [0.15, 0.2) is 0 Å². The summed E-state index contributed by atoms with van der Waals surface area (Å²) >= 11 is 0. The second-order valence-electron chi connectivity index (χ2n) is 8.58. The van der Waals surface area contributed by atoms with Crippen LogP contribution in [-0.2, 0) is 16.1 Å². The molecule has 1 saturated heterocycles. The van der Waals surface area contributed by atoms with Crippen molar-refractivity contribution < 1.29 is 14.3 Å². The zero-order chi connectivity index (χ0) is 21.8. The molecule has 1 fully saturated rings. The van der Waals surface area contributed by atoms with Gasteiger partial charge in [-0.25, -0.2) is 0 Å². The Morgan fingerprint density at radius 1 is 1.27 bits per heavy atom. The van der Waals surface area contributed by atoms with Crippen molar-refractivity contribution in [2.24, 2.45) is 5.92 Å². The summed E-state index contributed by atoms with van der Waals surface area (Å²) < 4.78 is 6.90. The summed E-state index contributed by atoms with van der Waals surface area (Å²) in [5, 5.41) is 7.60. The number of nitrogens with one attached hydrogen (secondary N) is 1. The minimum atomic E-state index is -0.305. The highest BCUT2D eigenvalue weighted by Gasteiger charge is 2.38. The van der Waals surface area contributed by atoms with Gasteiger partial charge in [-0.3, -0.25) is 19.2 Å². The summed E-state index contributed by atoms with van der Waals surface area (Å²) in [6.45, 7) is 10.3. The molecule has 0 radical (unpaired) electrons.